The summed E-state index contributed by atoms with van der Waals surface area (Å²) in [6, 6.07) is 4.58. The highest BCUT2D eigenvalue weighted by Crippen LogP contribution is 2.23. The lowest BCUT2D eigenvalue weighted by Crippen LogP contribution is -2.31. The maximum atomic E-state index is 12.8. The maximum absolute atomic E-state index is 12.8. The van der Waals surface area contributed by atoms with Gasteiger partial charge in [-0.1, -0.05) is 19.9 Å². The molecule has 0 fully saturated rings. The molecule has 0 unspecified atom stereocenters. The fraction of sp³-hybridized carbons (Fsp3) is 0.444. The highest BCUT2D eigenvalue weighted by molar-refractivity contribution is 7.89. The molecule has 9 nitrogen and oxygen atoms in total. The first-order valence-electron chi connectivity index (χ1n) is 8.82. The largest absolute Gasteiger partial charge is 0.493 e. The van der Waals surface area contributed by atoms with Gasteiger partial charge < -0.3 is 19.5 Å². The Bertz CT molecular complexity index is 861. The Morgan fingerprint density at radius 2 is 1.93 bits per heavy atom. The molecule has 0 bridgehead atoms. The third kappa shape index (κ3) is 5.23. The third-order valence-corrected chi connectivity index (χ3v) is 6.17. The summed E-state index contributed by atoms with van der Waals surface area (Å²) in [5, 5.41) is 2.52. The standard InChI is InChI=1S/C18H24N2O7S/c1-4-20(5-2)28(23,24)16-10-14(7-6-13(16)3)19-17(21)12-27-18(22)15-11-25-8-9-26-15/h6-7,10-11H,4-5,8-9,12H2,1-3H3,(H,19,21). The summed E-state index contributed by atoms with van der Waals surface area (Å²) in [5.74, 6) is -1.54. The van der Waals surface area contributed by atoms with Crippen LogP contribution in [-0.4, -0.2) is 57.5 Å². The van der Waals surface area contributed by atoms with E-state index < -0.39 is 28.5 Å². The summed E-state index contributed by atoms with van der Waals surface area (Å²) in [7, 11) is -3.67. The first-order valence-corrected chi connectivity index (χ1v) is 10.3. The van der Waals surface area contributed by atoms with E-state index in [0.29, 0.717) is 25.3 Å². The van der Waals surface area contributed by atoms with Crippen LogP contribution in [0.1, 0.15) is 19.4 Å². The Morgan fingerprint density at radius 3 is 2.54 bits per heavy atom. The second kappa shape index (κ2) is 9.56. The van der Waals surface area contributed by atoms with Crippen LogP contribution in [0.25, 0.3) is 0 Å². The lowest BCUT2D eigenvalue weighted by atomic mass is 10.2. The van der Waals surface area contributed by atoms with Gasteiger partial charge in [0.25, 0.3) is 5.91 Å². The number of hydrogen-bond donors (Lipinski definition) is 1. The number of benzene rings is 1. The first-order chi connectivity index (χ1) is 13.3. The van der Waals surface area contributed by atoms with Crippen LogP contribution in [0, 0.1) is 6.92 Å². The summed E-state index contributed by atoms with van der Waals surface area (Å²) >= 11 is 0. The monoisotopic (exact) mass is 412 g/mol. The number of anilines is 1. The van der Waals surface area contributed by atoms with Crippen LogP contribution < -0.4 is 5.32 Å². The van der Waals surface area contributed by atoms with Crippen LogP contribution in [0.5, 0.6) is 0 Å². The van der Waals surface area contributed by atoms with Crippen LogP contribution in [0.3, 0.4) is 0 Å². The molecule has 0 atom stereocenters. The number of carbonyl (C=O) groups excluding carboxylic acids is 2. The topological polar surface area (TPSA) is 111 Å². The molecule has 1 amide bonds. The van der Waals surface area contributed by atoms with Gasteiger partial charge in [0.05, 0.1) is 4.90 Å². The molecule has 1 heterocycles. The number of nitrogens with zero attached hydrogens (tertiary/aromatic N) is 1. The zero-order chi connectivity index (χ0) is 20.7. The van der Waals surface area contributed by atoms with Gasteiger partial charge in [-0.25, -0.2) is 13.2 Å². The minimum absolute atomic E-state index is 0.109. The molecule has 2 rings (SSSR count). The Hall–Kier alpha value is -2.59. The van der Waals surface area contributed by atoms with Gasteiger partial charge in [-0.3, -0.25) is 4.79 Å². The molecule has 1 N–H and O–H groups in total. The second-order valence-electron chi connectivity index (χ2n) is 5.90. The van der Waals surface area contributed by atoms with Gasteiger partial charge in [0.1, 0.15) is 19.5 Å². The predicted molar refractivity (Wildman–Crippen MR) is 101 cm³/mol. The van der Waals surface area contributed by atoms with Crippen molar-refractivity contribution in [3.63, 3.8) is 0 Å². The number of amides is 1. The van der Waals surface area contributed by atoms with E-state index in [4.69, 9.17) is 14.2 Å². The second-order valence-corrected chi connectivity index (χ2v) is 7.80. The average molecular weight is 412 g/mol. The number of sulfonamides is 1. The molecule has 1 aliphatic rings. The summed E-state index contributed by atoms with van der Waals surface area (Å²) < 4.78 is 41.7. The van der Waals surface area contributed by atoms with Crippen molar-refractivity contribution in [2.45, 2.75) is 25.7 Å². The van der Waals surface area contributed by atoms with Gasteiger partial charge in [-0.15, -0.1) is 0 Å². The molecule has 0 aromatic heterocycles. The number of carbonyl (C=O) groups is 2. The first kappa shape index (κ1) is 21.7. The molecular formula is C18H24N2O7S. The molecule has 1 aromatic carbocycles. The van der Waals surface area contributed by atoms with Gasteiger partial charge in [-0.05, 0) is 24.6 Å². The fourth-order valence-electron chi connectivity index (χ4n) is 2.53. The van der Waals surface area contributed by atoms with Crippen molar-refractivity contribution < 1.29 is 32.2 Å². The van der Waals surface area contributed by atoms with Crippen LogP contribution in [0.2, 0.25) is 0 Å². The van der Waals surface area contributed by atoms with Crippen molar-refractivity contribution in [1.82, 2.24) is 4.31 Å². The molecule has 10 heteroatoms. The number of hydrogen-bond acceptors (Lipinski definition) is 7. The SMILES string of the molecule is CCN(CC)S(=O)(=O)c1cc(NC(=O)COC(=O)C2=COCCO2)ccc1C. The van der Waals surface area contributed by atoms with E-state index in [2.05, 4.69) is 5.32 Å². The van der Waals surface area contributed by atoms with E-state index in [1.54, 1.807) is 32.9 Å². The normalized spacial score (nSPS) is 13.9. The average Bonchev–Trinajstić information content (AvgIpc) is 2.69. The van der Waals surface area contributed by atoms with Gasteiger partial charge in [0.2, 0.25) is 15.8 Å². The Morgan fingerprint density at radius 1 is 1.21 bits per heavy atom. The van der Waals surface area contributed by atoms with Crippen molar-refractivity contribution in [3.8, 4) is 0 Å². The van der Waals surface area contributed by atoms with Crippen LogP contribution in [0.4, 0.5) is 5.69 Å². The Labute approximate surface area is 164 Å². The third-order valence-electron chi connectivity index (χ3n) is 3.98. The summed E-state index contributed by atoms with van der Waals surface area (Å²) in [6.07, 6.45) is 1.13. The summed E-state index contributed by atoms with van der Waals surface area (Å²) in [5.41, 5.74) is 0.853. The number of nitrogens with one attached hydrogen (secondary N) is 1. The summed E-state index contributed by atoms with van der Waals surface area (Å²) in [6.45, 7) is 5.89. The van der Waals surface area contributed by atoms with Crippen LogP contribution in [0.15, 0.2) is 35.1 Å². The smallest absolute Gasteiger partial charge is 0.377 e. The molecule has 1 aromatic rings. The summed E-state index contributed by atoms with van der Waals surface area (Å²) in [4.78, 5) is 23.9. The molecule has 28 heavy (non-hydrogen) atoms. The molecule has 0 saturated heterocycles. The Balaban J connectivity index is 2.05. The molecular weight excluding hydrogens is 388 g/mol. The van der Waals surface area contributed by atoms with Crippen molar-refractivity contribution in [1.29, 1.82) is 0 Å². The minimum Gasteiger partial charge on any atom is -0.493 e. The predicted octanol–water partition coefficient (Wildman–Crippen LogP) is 1.40. The zero-order valence-electron chi connectivity index (χ0n) is 16.1. The van der Waals surface area contributed by atoms with E-state index in [-0.39, 0.29) is 22.9 Å². The minimum atomic E-state index is -3.67. The molecule has 154 valence electrons. The number of esters is 1. The van der Waals surface area contributed by atoms with Crippen molar-refractivity contribution in [3.05, 3.63) is 35.8 Å². The maximum Gasteiger partial charge on any atom is 0.377 e. The molecule has 0 aliphatic carbocycles. The molecule has 0 spiro atoms. The van der Waals surface area contributed by atoms with Crippen molar-refractivity contribution >= 4 is 27.6 Å². The van der Waals surface area contributed by atoms with E-state index in [1.165, 1.54) is 10.4 Å². The Kier molecular flexibility index (Phi) is 7.41. The number of aryl methyl sites for hydroxylation is 1. The highest BCUT2D eigenvalue weighted by Gasteiger charge is 2.24. The zero-order valence-corrected chi connectivity index (χ0v) is 16.9. The van der Waals surface area contributed by atoms with Crippen LogP contribution >= 0.6 is 0 Å². The number of rotatable bonds is 8. The van der Waals surface area contributed by atoms with Gasteiger partial charge in [0.15, 0.2) is 6.61 Å². The molecule has 1 aliphatic heterocycles. The van der Waals surface area contributed by atoms with E-state index >= 15 is 0 Å². The molecule has 0 radical (unpaired) electrons. The number of ether oxygens (including phenoxy) is 3. The molecule has 0 saturated carbocycles. The van der Waals surface area contributed by atoms with E-state index in [1.807, 2.05) is 0 Å². The highest BCUT2D eigenvalue weighted by atomic mass is 32.2. The van der Waals surface area contributed by atoms with E-state index in [9.17, 15) is 18.0 Å². The van der Waals surface area contributed by atoms with Gasteiger partial charge in [-0.2, -0.15) is 4.31 Å². The van der Waals surface area contributed by atoms with Gasteiger partial charge in [0, 0.05) is 18.8 Å². The fourth-order valence-corrected chi connectivity index (χ4v) is 4.24. The van der Waals surface area contributed by atoms with E-state index in [0.717, 1.165) is 6.26 Å². The van der Waals surface area contributed by atoms with Crippen molar-refractivity contribution in [2.24, 2.45) is 0 Å². The lowest BCUT2D eigenvalue weighted by Gasteiger charge is -2.20. The lowest BCUT2D eigenvalue weighted by molar-refractivity contribution is -0.148. The van der Waals surface area contributed by atoms with Crippen LogP contribution in [-0.2, 0) is 33.8 Å². The van der Waals surface area contributed by atoms with Crippen molar-refractivity contribution in [2.75, 3.05) is 38.2 Å². The van der Waals surface area contributed by atoms with Gasteiger partial charge >= 0.3 is 5.97 Å². The quantitative estimate of drug-likeness (QED) is 0.642.